The lowest BCUT2D eigenvalue weighted by Crippen LogP contribution is -2.30. The third-order valence-electron chi connectivity index (χ3n) is 3.40. The Kier molecular flexibility index (Phi) is 4.76. The topological polar surface area (TPSA) is 117 Å². The molecule has 1 aromatic rings. The van der Waals surface area contributed by atoms with Gasteiger partial charge >= 0.3 is 5.69 Å². The van der Waals surface area contributed by atoms with E-state index in [1.807, 2.05) is 0 Å². The first kappa shape index (κ1) is 16.0. The van der Waals surface area contributed by atoms with Crippen LogP contribution in [0.25, 0.3) is 0 Å². The summed E-state index contributed by atoms with van der Waals surface area (Å²) in [6.07, 6.45) is 0.104. The second-order valence-electron chi connectivity index (χ2n) is 4.87. The van der Waals surface area contributed by atoms with E-state index in [1.165, 1.54) is 13.2 Å². The van der Waals surface area contributed by atoms with Crippen molar-refractivity contribution in [3.63, 3.8) is 0 Å². The fourth-order valence-electron chi connectivity index (χ4n) is 2.30. The summed E-state index contributed by atoms with van der Waals surface area (Å²) in [4.78, 5) is 21.2. The van der Waals surface area contributed by atoms with Crippen molar-refractivity contribution in [1.29, 1.82) is 0 Å². The molecule has 0 aliphatic carbocycles. The number of nitro groups is 1. The van der Waals surface area contributed by atoms with Gasteiger partial charge < -0.3 is 20.5 Å². The number of hydrogen-bond acceptors (Lipinski definition) is 6. The van der Waals surface area contributed by atoms with Gasteiger partial charge in [-0.25, -0.2) is 0 Å². The highest BCUT2D eigenvalue weighted by molar-refractivity contribution is 5.79. The lowest BCUT2D eigenvalue weighted by molar-refractivity contribution is -0.386. The van der Waals surface area contributed by atoms with Crippen molar-refractivity contribution in [2.24, 2.45) is 5.73 Å². The maximum absolute atomic E-state index is 13.8. The summed E-state index contributed by atoms with van der Waals surface area (Å²) < 4.78 is 24.1. The number of benzene rings is 1. The van der Waals surface area contributed by atoms with E-state index in [4.69, 9.17) is 15.2 Å². The molecule has 1 heterocycles. The van der Waals surface area contributed by atoms with E-state index in [0.717, 1.165) is 6.07 Å². The minimum atomic E-state index is -0.991. The number of carbonyl (C=O) groups is 1. The maximum atomic E-state index is 13.8. The van der Waals surface area contributed by atoms with Crippen molar-refractivity contribution in [2.75, 3.05) is 19.0 Å². The Balaban J connectivity index is 2.10. The number of primary amides is 1. The van der Waals surface area contributed by atoms with Crippen LogP contribution in [0.1, 0.15) is 12.8 Å². The number of hydrogen-bond donors (Lipinski definition) is 2. The number of nitro benzene ring substituents is 1. The van der Waals surface area contributed by atoms with Crippen LogP contribution >= 0.6 is 0 Å². The molecule has 8 nitrogen and oxygen atoms in total. The highest BCUT2D eigenvalue weighted by atomic mass is 19.1. The molecule has 22 heavy (non-hydrogen) atoms. The molecule has 0 aromatic heterocycles. The summed E-state index contributed by atoms with van der Waals surface area (Å²) in [6.45, 7) is 0.192. The van der Waals surface area contributed by atoms with E-state index in [9.17, 15) is 19.3 Å². The maximum Gasteiger partial charge on any atom is 0.327 e. The lowest BCUT2D eigenvalue weighted by Gasteiger charge is -2.14. The molecule has 1 fully saturated rings. The Bertz CT molecular complexity index is 595. The summed E-state index contributed by atoms with van der Waals surface area (Å²) >= 11 is 0. The van der Waals surface area contributed by atoms with Crippen molar-refractivity contribution in [2.45, 2.75) is 25.0 Å². The van der Waals surface area contributed by atoms with E-state index >= 15 is 0 Å². The van der Waals surface area contributed by atoms with Crippen LogP contribution in [0.4, 0.5) is 15.8 Å². The van der Waals surface area contributed by atoms with Crippen LogP contribution in [0.3, 0.4) is 0 Å². The SMILES string of the molecule is COc1cc(F)c([N+](=O)[O-])c(NCC2CCC(C(N)=O)O2)c1. The van der Waals surface area contributed by atoms with Crippen LogP contribution in [-0.2, 0) is 9.53 Å². The Labute approximate surface area is 125 Å². The molecular weight excluding hydrogens is 297 g/mol. The van der Waals surface area contributed by atoms with Gasteiger partial charge in [-0.15, -0.1) is 0 Å². The number of ether oxygens (including phenoxy) is 2. The molecule has 0 spiro atoms. The average Bonchev–Trinajstić information content (AvgIpc) is 2.93. The molecule has 1 amide bonds. The summed E-state index contributed by atoms with van der Waals surface area (Å²) in [5, 5.41) is 13.7. The fourth-order valence-corrected chi connectivity index (χ4v) is 2.30. The van der Waals surface area contributed by atoms with Gasteiger partial charge in [-0.05, 0) is 12.8 Å². The molecule has 0 radical (unpaired) electrons. The van der Waals surface area contributed by atoms with Crippen molar-refractivity contribution in [3.05, 3.63) is 28.1 Å². The zero-order chi connectivity index (χ0) is 16.3. The zero-order valence-corrected chi connectivity index (χ0v) is 11.9. The molecule has 1 aliphatic rings. The number of methoxy groups -OCH3 is 1. The summed E-state index contributed by atoms with van der Waals surface area (Å²) in [7, 11) is 1.34. The molecule has 3 N–H and O–H groups in total. The van der Waals surface area contributed by atoms with Crippen molar-refractivity contribution < 1.29 is 23.6 Å². The predicted molar refractivity (Wildman–Crippen MR) is 75.2 cm³/mol. The molecular formula is C13H16FN3O5. The second kappa shape index (κ2) is 6.56. The van der Waals surface area contributed by atoms with Crippen LogP contribution in [-0.4, -0.2) is 36.7 Å². The standard InChI is InChI=1S/C13H16FN3O5/c1-21-8-4-9(14)12(17(19)20)10(5-8)16-6-7-2-3-11(22-7)13(15)18/h4-5,7,11,16H,2-3,6H2,1H3,(H2,15,18). The molecule has 1 aliphatic heterocycles. The van der Waals surface area contributed by atoms with Gasteiger partial charge in [0.2, 0.25) is 11.7 Å². The molecule has 1 aromatic carbocycles. The lowest BCUT2D eigenvalue weighted by atomic mass is 10.2. The van der Waals surface area contributed by atoms with E-state index < -0.39 is 28.4 Å². The quantitative estimate of drug-likeness (QED) is 0.602. The Morgan fingerprint density at radius 1 is 1.59 bits per heavy atom. The van der Waals surface area contributed by atoms with E-state index in [-0.39, 0.29) is 24.1 Å². The molecule has 2 unspecified atom stereocenters. The monoisotopic (exact) mass is 313 g/mol. The van der Waals surface area contributed by atoms with Gasteiger partial charge in [0.05, 0.1) is 18.1 Å². The minimum absolute atomic E-state index is 0.00650. The second-order valence-corrected chi connectivity index (χ2v) is 4.87. The third-order valence-corrected chi connectivity index (χ3v) is 3.40. The molecule has 120 valence electrons. The third kappa shape index (κ3) is 3.42. The predicted octanol–water partition coefficient (Wildman–Crippen LogP) is 1.19. The number of carbonyl (C=O) groups excluding carboxylic acids is 1. The number of rotatable bonds is 6. The molecule has 2 rings (SSSR count). The first-order chi connectivity index (χ1) is 10.4. The molecule has 9 heteroatoms. The van der Waals surface area contributed by atoms with Crippen molar-refractivity contribution in [1.82, 2.24) is 0 Å². The van der Waals surface area contributed by atoms with Crippen molar-refractivity contribution in [3.8, 4) is 5.75 Å². The Morgan fingerprint density at radius 2 is 2.32 bits per heavy atom. The summed E-state index contributed by atoms with van der Waals surface area (Å²) in [5.41, 5.74) is 4.48. The Hall–Kier alpha value is -2.42. The van der Waals surface area contributed by atoms with Gasteiger partial charge in [0, 0.05) is 18.7 Å². The number of anilines is 1. The van der Waals surface area contributed by atoms with E-state index in [0.29, 0.717) is 12.8 Å². The highest BCUT2D eigenvalue weighted by Gasteiger charge is 2.30. The number of nitrogens with zero attached hydrogens (tertiary/aromatic N) is 1. The van der Waals surface area contributed by atoms with Gasteiger partial charge in [-0.1, -0.05) is 0 Å². The first-order valence-electron chi connectivity index (χ1n) is 6.63. The summed E-state index contributed by atoms with van der Waals surface area (Å²) in [6, 6.07) is 2.28. The number of nitrogens with two attached hydrogens (primary N) is 1. The van der Waals surface area contributed by atoms with E-state index in [2.05, 4.69) is 5.32 Å². The first-order valence-corrected chi connectivity index (χ1v) is 6.63. The van der Waals surface area contributed by atoms with E-state index in [1.54, 1.807) is 0 Å². The normalized spacial score (nSPS) is 20.6. The molecule has 2 atom stereocenters. The van der Waals surface area contributed by atoms with Crippen molar-refractivity contribution >= 4 is 17.3 Å². The molecule has 0 bridgehead atoms. The van der Waals surface area contributed by atoms with Gasteiger partial charge in [-0.3, -0.25) is 14.9 Å². The smallest absolute Gasteiger partial charge is 0.327 e. The molecule has 1 saturated heterocycles. The van der Waals surface area contributed by atoms with Gasteiger partial charge in [0.25, 0.3) is 0 Å². The number of halogens is 1. The highest BCUT2D eigenvalue weighted by Crippen LogP contribution is 2.32. The minimum Gasteiger partial charge on any atom is -0.497 e. The number of nitrogens with one attached hydrogen (secondary N) is 1. The summed E-state index contributed by atoms with van der Waals surface area (Å²) in [5.74, 6) is -1.37. The zero-order valence-electron chi connectivity index (χ0n) is 11.9. The van der Waals surface area contributed by atoms with Gasteiger partial charge in [-0.2, -0.15) is 4.39 Å². The average molecular weight is 313 g/mol. The fraction of sp³-hybridized carbons (Fsp3) is 0.462. The van der Waals surface area contributed by atoms with Crippen LogP contribution in [0.15, 0.2) is 12.1 Å². The largest absolute Gasteiger partial charge is 0.497 e. The Morgan fingerprint density at radius 3 is 2.86 bits per heavy atom. The van der Waals surface area contributed by atoms with Crippen LogP contribution < -0.4 is 15.8 Å². The van der Waals surface area contributed by atoms with Crippen LogP contribution in [0, 0.1) is 15.9 Å². The van der Waals surface area contributed by atoms with Crippen LogP contribution in [0.5, 0.6) is 5.75 Å². The molecule has 0 saturated carbocycles. The number of amides is 1. The van der Waals surface area contributed by atoms with Gasteiger partial charge in [0.1, 0.15) is 17.5 Å². The van der Waals surface area contributed by atoms with Gasteiger partial charge in [0.15, 0.2) is 0 Å². The van der Waals surface area contributed by atoms with Crippen LogP contribution in [0.2, 0.25) is 0 Å².